The van der Waals surface area contributed by atoms with E-state index in [1.807, 2.05) is 30.3 Å². The summed E-state index contributed by atoms with van der Waals surface area (Å²) >= 11 is 8.11. The molecule has 1 aromatic carbocycles. The first-order chi connectivity index (χ1) is 7.66. The Morgan fingerprint density at radius 3 is 2.44 bits per heavy atom. The van der Waals surface area contributed by atoms with Gasteiger partial charge in [0.2, 0.25) is 0 Å². The van der Waals surface area contributed by atoms with Crippen LogP contribution in [-0.4, -0.2) is 5.91 Å². The minimum absolute atomic E-state index is 0.0948. The third-order valence-corrected chi connectivity index (χ3v) is 5.16. The third kappa shape index (κ3) is 2.72. The standard InChI is InChI=1S/C11H7Br2NOS/c12-8-6-9(16-10(8)13)11(15)14-7-4-2-1-3-5-7/h1-6H,(H,14,15). The first-order valence-electron chi connectivity index (χ1n) is 4.48. The number of amides is 1. The molecular formula is C11H7Br2NOS. The lowest BCUT2D eigenvalue weighted by atomic mass is 10.3. The van der Waals surface area contributed by atoms with Crippen LogP contribution in [0.4, 0.5) is 5.69 Å². The number of thiophene rings is 1. The van der Waals surface area contributed by atoms with Gasteiger partial charge in [0, 0.05) is 10.2 Å². The van der Waals surface area contributed by atoms with E-state index in [0.717, 1.165) is 13.9 Å². The number of rotatable bonds is 2. The van der Waals surface area contributed by atoms with Gasteiger partial charge in [-0.15, -0.1) is 11.3 Å². The highest BCUT2D eigenvalue weighted by molar-refractivity contribution is 9.13. The molecule has 2 nitrogen and oxygen atoms in total. The molecule has 1 heterocycles. The Balaban J connectivity index is 2.15. The van der Waals surface area contributed by atoms with Crippen molar-refractivity contribution < 1.29 is 4.79 Å². The Morgan fingerprint density at radius 2 is 1.88 bits per heavy atom. The minimum atomic E-state index is -0.0948. The van der Waals surface area contributed by atoms with E-state index < -0.39 is 0 Å². The van der Waals surface area contributed by atoms with Gasteiger partial charge in [-0.25, -0.2) is 0 Å². The van der Waals surface area contributed by atoms with E-state index in [2.05, 4.69) is 37.2 Å². The molecule has 0 spiro atoms. The van der Waals surface area contributed by atoms with E-state index in [4.69, 9.17) is 0 Å². The van der Waals surface area contributed by atoms with Gasteiger partial charge in [-0.2, -0.15) is 0 Å². The Bertz CT molecular complexity index is 490. The molecule has 0 aliphatic carbocycles. The smallest absolute Gasteiger partial charge is 0.265 e. The highest BCUT2D eigenvalue weighted by atomic mass is 79.9. The molecule has 5 heteroatoms. The van der Waals surface area contributed by atoms with Crippen molar-refractivity contribution >= 4 is 54.8 Å². The number of halogens is 2. The van der Waals surface area contributed by atoms with Gasteiger partial charge in [0.15, 0.2) is 0 Å². The third-order valence-electron chi connectivity index (χ3n) is 1.90. The molecule has 82 valence electrons. The average Bonchev–Trinajstić information content (AvgIpc) is 2.61. The fourth-order valence-electron chi connectivity index (χ4n) is 1.17. The molecule has 0 radical (unpaired) electrons. The molecule has 1 aromatic heterocycles. The summed E-state index contributed by atoms with van der Waals surface area (Å²) in [6.07, 6.45) is 0. The average molecular weight is 361 g/mol. The lowest BCUT2D eigenvalue weighted by molar-refractivity contribution is 0.103. The summed E-state index contributed by atoms with van der Waals surface area (Å²) in [4.78, 5) is 12.5. The van der Waals surface area contributed by atoms with Crippen LogP contribution in [-0.2, 0) is 0 Å². The molecule has 0 unspecified atom stereocenters. The van der Waals surface area contributed by atoms with E-state index in [9.17, 15) is 4.79 Å². The Kier molecular flexibility index (Phi) is 3.78. The van der Waals surface area contributed by atoms with Gasteiger partial charge >= 0.3 is 0 Å². The Morgan fingerprint density at radius 1 is 1.19 bits per heavy atom. The predicted octanol–water partition coefficient (Wildman–Crippen LogP) is 4.53. The quantitative estimate of drug-likeness (QED) is 0.837. The van der Waals surface area contributed by atoms with Crippen LogP contribution in [0.3, 0.4) is 0 Å². The summed E-state index contributed by atoms with van der Waals surface area (Å²) in [7, 11) is 0. The number of para-hydroxylation sites is 1. The van der Waals surface area contributed by atoms with Crippen LogP contribution in [0.25, 0.3) is 0 Å². The fraction of sp³-hybridized carbons (Fsp3) is 0. The van der Waals surface area contributed by atoms with Crippen LogP contribution in [0, 0.1) is 0 Å². The largest absolute Gasteiger partial charge is 0.321 e. The highest BCUT2D eigenvalue weighted by Crippen LogP contribution is 2.32. The maximum atomic E-state index is 11.8. The van der Waals surface area contributed by atoms with Gasteiger partial charge in [-0.05, 0) is 50.1 Å². The van der Waals surface area contributed by atoms with Crippen molar-refractivity contribution in [2.45, 2.75) is 0 Å². The summed E-state index contributed by atoms with van der Waals surface area (Å²) in [5, 5.41) is 2.83. The van der Waals surface area contributed by atoms with E-state index in [1.54, 1.807) is 6.07 Å². The van der Waals surface area contributed by atoms with Crippen LogP contribution in [0.5, 0.6) is 0 Å². The molecule has 0 aliphatic heterocycles. The SMILES string of the molecule is O=C(Nc1ccccc1)c1cc(Br)c(Br)s1. The summed E-state index contributed by atoms with van der Waals surface area (Å²) in [5.41, 5.74) is 0.799. The van der Waals surface area contributed by atoms with E-state index in [-0.39, 0.29) is 5.91 Å². The fourth-order valence-corrected chi connectivity index (χ4v) is 3.10. The summed E-state index contributed by atoms with van der Waals surface area (Å²) < 4.78 is 1.82. The lowest BCUT2D eigenvalue weighted by Crippen LogP contribution is -2.09. The molecule has 0 bridgehead atoms. The summed E-state index contributed by atoms with van der Waals surface area (Å²) in [6, 6.07) is 11.2. The molecule has 0 fully saturated rings. The number of anilines is 1. The molecule has 2 rings (SSSR count). The van der Waals surface area contributed by atoms with Gasteiger partial charge < -0.3 is 5.32 Å². The molecular weight excluding hydrogens is 354 g/mol. The Labute approximate surface area is 114 Å². The maximum absolute atomic E-state index is 11.8. The van der Waals surface area contributed by atoms with Crippen molar-refractivity contribution in [1.82, 2.24) is 0 Å². The van der Waals surface area contributed by atoms with Crippen LogP contribution < -0.4 is 5.32 Å². The molecule has 0 aliphatic rings. The van der Waals surface area contributed by atoms with Crippen molar-refractivity contribution in [2.75, 3.05) is 5.32 Å². The molecule has 0 saturated heterocycles. The van der Waals surface area contributed by atoms with Crippen LogP contribution >= 0.6 is 43.2 Å². The predicted molar refractivity (Wildman–Crippen MR) is 74.1 cm³/mol. The number of benzene rings is 1. The zero-order chi connectivity index (χ0) is 11.5. The normalized spacial score (nSPS) is 10.1. The zero-order valence-electron chi connectivity index (χ0n) is 8.04. The van der Waals surface area contributed by atoms with Crippen molar-refractivity contribution in [3.05, 3.63) is 49.5 Å². The first kappa shape index (κ1) is 11.8. The van der Waals surface area contributed by atoms with Crippen molar-refractivity contribution in [3.63, 3.8) is 0 Å². The molecule has 0 saturated carbocycles. The number of hydrogen-bond donors (Lipinski definition) is 1. The van der Waals surface area contributed by atoms with Crippen LogP contribution in [0.1, 0.15) is 9.67 Å². The second-order valence-electron chi connectivity index (χ2n) is 3.05. The van der Waals surface area contributed by atoms with Gasteiger partial charge in [0.25, 0.3) is 5.91 Å². The van der Waals surface area contributed by atoms with Crippen molar-refractivity contribution in [3.8, 4) is 0 Å². The van der Waals surface area contributed by atoms with Gasteiger partial charge in [0.1, 0.15) is 0 Å². The second kappa shape index (κ2) is 5.12. The van der Waals surface area contributed by atoms with Gasteiger partial charge in [0.05, 0.1) is 8.66 Å². The molecule has 2 aromatic rings. The van der Waals surface area contributed by atoms with Gasteiger partial charge in [-0.3, -0.25) is 4.79 Å². The maximum Gasteiger partial charge on any atom is 0.265 e. The van der Waals surface area contributed by atoms with E-state index in [0.29, 0.717) is 4.88 Å². The minimum Gasteiger partial charge on any atom is -0.321 e. The number of carbonyl (C=O) groups is 1. The Hall–Kier alpha value is -0.650. The molecule has 16 heavy (non-hydrogen) atoms. The topological polar surface area (TPSA) is 29.1 Å². The molecule has 1 amide bonds. The van der Waals surface area contributed by atoms with E-state index >= 15 is 0 Å². The van der Waals surface area contributed by atoms with Crippen LogP contribution in [0.2, 0.25) is 0 Å². The van der Waals surface area contributed by atoms with Crippen molar-refractivity contribution in [2.24, 2.45) is 0 Å². The number of carbonyl (C=O) groups excluding carboxylic acids is 1. The summed E-state index contributed by atoms with van der Waals surface area (Å²) in [6.45, 7) is 0. The van der Waals surface area contributed by atoms with Gasteiger partial charge in [-0.1, -0.05) is 18.2 Å². The highest BCUT2D eigenvalue weighted by Gasteiger charge is 2.11. The first-order valence-corrected chi connectivity index (χ1v) is 6.88. The second-order valence-corrected chi connectivity index (χ2v) is 6.28. The van der Waals surface area contributed by atoms with Crippen LogP contribution in [0.15, 0.2) is 44.7 Å². The summed E-state index contributed by atoms with van der Waals surface area (Å²) in [5.74, 6) is -0.0948. The number of hydrogen-bond acceptors (Lipinski definition) is 2. The zero-order valence-corrected chi connectivity index (χ0v) is 12.0. The molecule has 1 N–H and O–H groups in total. The number of nitrogens with one attached hydrogen (secondary N) is 1. The molecule has 0 atom stereocenters. The monoisotopic (exact) mass is 359 g/mol. The van der Waals surface area contributed by atoms with Crippen molar-refractivity contribution in [1.29, 1.82) is 0 Å². The van der Waals surface area contributed by atoms with E-state index in [1.165, 1.54) is 11.3 Å². The lowest BCUT2D eigenvalue weighted by Gasteiger charge is -2.01.